The lowest BCUT2D eigenvalue weighted by atomic mass is 9.88. The molecule has 7 heteroatoms. The van der Waals surface area contributed by atoms with Crippen LogP contribution >= 0.6 is 0 Å². The average Bonchev–Trinajstić information content (AvgIpc) is 3.29. The molecule has 0 aromatic heterocycles. The topological polar surface area (TPSA) is 77.1 Å². The molecule has 0 radical (unpaired) electrons. The quantitative estimate of drug-likeness (QED) is 0.823. The van der Waals surface area contributed by atoms with Gasteiger partial charge in [0.25, 0.3) is 5.91 Å². The molecule has 1 aliphatic carbocycles. The maximum atomic E-state index is 13.2. The molecule has 5 rings (SSSR count). The minimum atomic E-state index is -0.296. The Bertz CT molecular complexity index is 987. The molecule has 2 heterocycles. The van der Waals surface area contributed by atoms with Crippen LogP contribution in [0.1, 0.15) is 34.7 Å². The Morgan fingerprint density at radius 3 is 2.70 bits per heavy atom. The van der Waals surface area contributed by atoms with Crippen molar-refractivity contribution in [3.8, 4) is 17.2 Å². The summed E-state index contributed by atoms with van der Waals surface area (Å²) in [5, 5.41) is 3.11. The van der Waals surface area contributed by atoms with Crippen molar-refractivity contribution < 1.29 is 23.8 Å². The highest BCUT2D eigenvalue weighted by atomic mass is 16.7. The molecule has 2 aromatic rings. The number of hydrogen-bond donors (Lipinski definition) is 1. The molecule has 1 saturated heterocycles. The molecule has 2 amide bonds. The van der Waals surface area contributed by atoms with Crippen molar-refractivity contribution in [3.05, 3.63) is 53.6 Å². The number of methoxy groups -OCH3 is 1. The summed E-state index contributed by atoms with van der Waals surface area (Å²) in [4.78, 5) is 28.0. The van der Waals surface area contributed by atoms with Gasteiger partial charge in [0.2, 0.25) is 12.7 Å². The molecule has 0 spiro atoms. The van der Waals surface area contributed by atoms with E-state index in [1.54, 1.807) is 30.2 Å². The van der Waals surface area contributed by atoms with E-state index >= 15 is 0 Å². The van der Waals surface area contributed by atoms with Gasteiger partial charge in [0.15, 0.2) is 11.5 Å². The zero-order valence-electron chi connectivity index (χ0n) is 16.8. The van der Waals surface area contributed by atoms with Crippen LogP contribution in [0.25, 0.3) is 0 Å². The number of amides is 2. The van der Waals surface area contributed by atoms with E-state index in [1.165, 1.54) is 0 Å². The first-order valence-electron chi connectivity index (χ1n) is 10.3. The Kier molecular flexibility index (Phi) is 4.73. The van der Waals surface area contributed by atoms with Gasteiger partial charge in [-0.1, -0.05) is 12.1 Å². The van der Waals surface area contributed by atoms with Crippen LogP contribution in [0.4, 0.5) is 0 Å². The summed E-state index contributed by atoms with van der Waals surface area (Å²) in [6.45, 7) is 1.02. The second-order valence-corrected chi connectivity index (χ2v) is 8.05. The third kappa shape index (κ3) is 3.56. The summed E-state index contributed by atoms with van der Waals surface area (Å²) in [7, 11) is 1.63. The highest BCUT2D eigenvalue weighted by Gasteiger charge is 2.42. The standard InChI is InChI=1S/C23H24N2O5/c1-28-17-4-2-3-14(9-17)18-11-25(12-19(18)22(26)24-16-6-7-16)23(27)15-5-8-20-21(10-15)30-13-29-20/h2-5,8-10,16,18-19H,6-7,11-13H2,1H3,(H,24,26). The first-order valence-corrected chi connectivity index (χ1v) is 10.3. The van der Waals surface area contributed by atoms with E-state index < -0.39 is 0 Å². The Morgan fingerprint density at radius 2 is 1.90 bits per heavy atom. The normalized spacial score (nSPS) is 22.1. The smallest absolute Gasteiger partial charge is 0.254 e. The van der Waals surface area contributed by atoms with E-state index in [2.05, 4.69) is 5.32 Å². The minimum Gasteiger partial charge on any atom is -0.497 e. The van der Waals surface area contributed by atoms with Gasteiger partial charge in [-0.15, -0.1) is 0 Å². The largest absolute Gasteiger partial charge is 0.497 e. The third-order valence-electron chi connectivity index (χ3n) is 6.01. The van der Waals surface area contributed by atoms with Crippen LogP contribution in [0.3, 0.4) is 0 Å². The molecular weight excluding hydrogens is 384 g/mol. The average molecular weight is 408 g/mol. The molecule has 2 unspecified atom stereocenters. The number of benzene rings is 2. The predicted octanol–water partition coefficient (Wildman–Crippen LogP) is 2.56. The monoisotopic (exact) mass is 408 g/mol. The van der Waals surface area contributed by atoms with Gasteiger partial charge in [0.1, 0.15) is 5.75 Å². The van der Waals surface area contributed by atoms with Gasteiger partial charge in [-0.05, 0) is 48.7 Å². The van der Waals surface area contributed by atoms with Crippen molar-refractivity contribution in [3.63, 3.8) is 0 Å². The lowest BCUT2D eigenvalue weighted by molar-refractivity contribution is -0.125. The Morgan fingerprint density at radius 1 is 1.07 bits per heavy atom. The summed E-state index contributed by atoms with van der Waals surface area (Å²) < 4.78 is 16.1. The fourth-order valence-corrected chi connectivity index (χ4v) is 4.19. The van der Waals surface area contributed by atoms with Crippen LogP contribution in [0, 0.1) is 5.92 Å². The third-order valence-corrected chi connectivity index (χ3v) is 6.01. The van der Waals surface area contributed by atoms with E-state index in [4.69, 9.17) is 14.2 Å². The maximum absolute atomic E-state index is 13.2. The molecule has 2 fully saturated rings. The van der Waals surface area contributed by atoms with Crippen LogP contribution in [0.2, 0.25) is 0 Å². The van der Waals surface area contributed by atoms with Crippen molar-refractivity contribution in [1.82, 2.24) is 10.2 Å². The zero-order valence-corrected chi connectivity index (χ0v) is 16.8. The van der Waals surface area contributed by atoms with Crippen molar-refractivity contribution in [1.29, 1.82) is 0 Å². The van der Waals surface area contributed by atoms with Gasteiger partial charge >= 0.3 is 0 Å². The minimum absolute atomic E-state index is 0.0197. The van der Waals surface area contributed by atoms with Crippen LogP contribution in [0.5, 0.6) is 17.2 Å². The number of likely N-dealkylation sites (tertiary alicyclic amines) is 1. The number of hydrogen-bond acceptors (Lipinski definition) is 5. The van der Waals surface area contributed by atoms with Crippen molar-refractivity contribution in [2.45, 2.75) is 24.8 Å². The molecule has 1 N–H and O–H groups in total. The lowest BCUT2D eigenvalue weighted by Gasteiger charge is -2.18. The predicted molar refractivity (Wildman–Crippen MR) is 109 cm³/mol. The molecule has 1 saturated carbocycles. The molecule has 3 aliphatic rings. The summed E-state index contributed by atoms with van der Waals surface area (Å²) >= 11 is 0. The second-order valence-electron chi connectivity index (χ2n) is 8.05. The zero-order chi connectivity index (χ0) is 20.7. The molecule has 7 nitrogen and oxygen atoms in total. The maximum Gasteiger partial charge on any atom is 0.254 e. The number of fused-ring (bicyclic) bond motifs is 1. The molecule has 2 atom stereocenters. The van der Waals surface area contributed by atoms with E-state index in [0.29, 0.717) is 30.2 Å². The Labute approximate surface area is 174 Å². The fourth-order valence-electron chi connectivity index (χ4n) is 4.19. The Hall–Kier alpha value is -3.22. The number of ether oxygens (including phenoxy) is 3. The summed E-state index contributed by atoms with van der Waals surface area (Å²) in [6.07, 6.45) is 2.06. The first-order chi connectivity index (χ1) is 14.6. The highest BCUT2D eigenvalue weighted by Crippen LogP contribution is 2.37. The van der Waals surface area contributed by atoms with Crippen molar-refractivity contribution >= 4 is 11.8 Å². The molecule has 2 aromatic carbocycles. The van der Waals surface area contributed by atoms with E-state index in [0.717, 1.165) is 24.2 Å². The van der Waals surface area contributed by atoms with Gasteiger partial charge in [0.05, 0.1) is 13.0 Å². The molecule has 156 valence electrons. The number of carbonyl (C=O) groups is 2. The van der Waals surface area contributed by atoms with Gasteiger partial charge in [0, 0.05) is 30.6 Å². The van der Waals surface area contributed by atoms with E-state index in [9.17, 15) is 9.59 Å². The molecule has 2 aliphatic heterocycles. The van der Waals surface area contributed by atoms with Gasteiger partial charge in [-0.3, -0.25) is 9.59 Å². The summed E-state index contributed by atoms with van der Waals surface area (Å²) in [5.41, 5.74) is 1.54. The first kappa shape index (κ1) is 18.8. The molecule has 30 heavy (non-hydrogen) atoms. The van der Waals surface area contributed by atoms with Crippen LogP contribution in [-0.4, -0.2) is 49.7 Å². The van der Waals surface area contributed by atoms with Crippen LogP contribution < -0.4 is 19.5 Å². The van der Waals surface area contributed by atoms with Crippen LogP contribution in [0.15, 0.2) is 42.5 Å². The van der Waals surface area contributed by atoms with Crippen molar-refractivity contribution in [2.24, 2.45) is 5.92 Å². The number of carbonyl (C=O) groups excluding carboxylic acids is 2. The van der Waals surface area contributed by atoms with E-state index in [-0.39, 0.29) is 36.5 Å². The molecular formula is C23H24N2O5. The van der Waals surface area contributed by atoms with Crippen LogP contribution in [-0.2, 0) is 4.79 Å². The second kappa shape index (κ2) is 7.55. The number of rotatable bonds is 5. The number of nitrogens with zero attached hydrogens (tertiary/aromatic N) is 1. The lowest BCUT2D eigenvalue weighted by Crippen LogP contribution is -2.36. The summed E-state index contributed by atoms with van der Waals surface area (Å²) in [5.74, 6) is 1.49. The van der Waals surface area contributed by atoms with E-state index in [1.807, 2.05) is 24.3 Å². The molecule has 0 bridgehead atoms. The summed E-state index contributed by atoms with van der Waals surface area (Å²) in [6, 6.07) is 13.2. The van der Waals surface area contributed by atoms with Gasteiger partial charge in [-0.25, -0.2) is 0 Å². The fraction of sp³-hybridized carbons (Fsp3) is 0.391. The van der Waals surface area contributed by atoms with Gasteiger partial charge < -0.3 is 24.4 Å². The van der Waals surface area contributed by atoms with Crippen molar-refractivity contribution in [2.75, 3.05) is 27.0 Å². The highest BCUT2D eigenvalue weighted by molar-refractivity contribution is 5.96. The van der Waals surface area contributed by atoms with Gasteiger partial charge in [-0.2, -0.15) is 0 Å². The SMILES string of the molecule is COc1cccc(C2CN(C(=O)c3ccc4c(c3)OCO4)CC2C(=O)NC2CC2)c1. The Balaban J connectivity index is 1.40. The number of nitrogens with one attached hydrogen (secondary N) is 1.